The summed E-state index contributed by atoms with van der Waals surface area (Å²) < 4.78 is 10.2. The third-order valence-corrected chi connectivity index (χ3v) is 3.30. The predicted octanol–water partition coefficient (Wildman–Crippen LogP) is 3.65. The van der Waals surface area contributed by atoms with Crippen molar-refractivity contribution in [2.45, 2.75) is 0 Å². The van der Waals surface area contributed by atoms with Crippen molar-refractivity contribution in [3.63, 3.8) is 0 Å². The third kappa shape index (κ3) is 2.50. The number of hydrogen-bond acceptors (Lipinski definition) is 7. The zero-order chi connectivity index (χ0) is 13.9. The zero-order valence-corrected chi connectivity index (χ0v) is 10.7. The van der Waals surface area contributed by atoms with Gasteiger partial charge in [0.15, 0.2) is 11.5 Å². The highest BCUT2D eigenvalue weighted by Gasteiger charge is 2.09. The minimum atomic E-state index is -0.439. The lowest BCUT2D eigenvalue weighted by Crippen LogP contribution is -1.81. The first-order chi connectivity index (χ1) is 9.72. The molecule has 0 saturated carbocycles. The lowest BCUT2D eigenvalue weighted by Gasteiger charge is -1.83. The molecule has 0 aliphatic heterocycles. The number of furan rings is 1. The van der Waals surface area contributed by atoms with Crippen LogP contribution in [0.1, 0.15) is 5.56 Å². The summed E-state index contributed by atoms with van der Waals surface area (Å²) in [5, 5.41) is 16.1. The number of nitrogens with zero attached hydrogens (tertiary/aromatic N) is 3. The monoisotopic (exact) mass is 289 g/mol. The molecule has 0 aliphatic carbocycles. The van der Waals surface area contributed by atoms with Gasteiger partial charge in [0, 0.05) is 29.3 Å². The molecule has 0 saturated heterocycles. The van der Waals surface area contributed by atoms with Gasteiger partial charge in [-0.3, -0.25) is 10.1 Å². The summed E-state index contributed by atoms with van der Waals surface area (Å²) in [5.41, 5.74) is 1.18. The van der Waals surface area contributed by atoms with E-state index in [1.54, 1.807) is 23.6 Å². The Balaban J connectivity index is 1.77. The van der Waals surface area contributed by atoms with Crippen molar-refractivity contribution in [3.05, 3.63) is 51.6 Å². The van der Waals surface area contributed by atoms with Gasteiger partial charge in [-0.15, -0.1) is 0 Å². The summed E-state index contributed by atoms with van der Waals surface area (Å²) in [6.45, 7) is 0. The van der Waals surface area contributed by atoms with Gasteiger partial charge in [-0.05, 0) is 12.1 Å². The summed E-state index contributed by atoms with van der Waals surface area (Å²) in [4.78, 5) is 14.2. The van der Waals surface area contributed by atoms with Crippen LogP contribution >= 0.6 is 11.3 Å². The summed E-state index contributed by atoms with van der Waals surface area (Å²) in [6.07, 6.45) is 3.02. The van der Waals surface area contributed by atoms with Crippen LogP contribution in [-0.2, 0) is 0 Å². The van der Waals surface area contributed by atoms with E-state index in [0.29, 0.717) is 22.9 Å². The second-order valence-corrected chi connectivity index (χ2v) is 4.65. The Morgan fingerprint density at radius 3 is 3.05 bits per heavy atom. The smallest absolute Gasteiger partial charge is 0.324 e. The van der Waals surface area contributed by atoms with Gasteiger partial charge in [-0.1, -0.05) is 16.5 Å². The number of aliphatic imine (C=N–C) groups is 1. The van der Waals surface area contributed by atoms with Crippen molar-refractivity contribution in [2.24, 2.45) is 4.99 Å². The SMILES string of the molecule is O=[N+]([O-])c1cc(/C=N\c2cc(-c3ccco3)no2)cs1. The number of aromatic nitrogens is 1. The number of hydrogen-bond donors (Lipinski definition) is 0. The molecule has 3 aromatic heterocycles. The van der Waals surface area contributed by atoms with Gasteiger partial charge in [-0.25, -0.2) is 4.99 Å². The van der Waals surface area contributed by atoms with E-state index in [1.807, 2.05) is 0 Å². The maximum Gasteiger partial charge on any atom is 0.324 e. The van der Waals surface area contributed by atoms with E-state index in [1.165, 1.54) is 18.5 Å². The fourth-order valence-corrected chi connectivity index (χ4v) is 2.18. The standard InChI is InChI=1S/C12H7N3O4S/c16-15(17)12-4-8(7-20-12)6-13-11-5-9(14-19-11)10-2-1-3-18-10/h1-7H/b13-6-. The van der Waals surface area contributed by atoms with Crippen LogP contribution in [0.25, 0.3) is 11.5 Å². The molecule has 100 valence electrons. The van der Waals surface area contributed by atoms with Crippen LogP contribution in [0.3, 0.4) is 0 Å². The molecule has 3 rings (SSSR count). The summed E-state index contributed by atoms with van der Waals surface area (Å²) >= 11 is 1.04. The predicted molar refractivity (Wildman–Crippen MR) is 72.4 cm³/mol. The Bertz CT molecular complexity index is 757. The lowest BCUT2D eigenvalue weighted by molar-refractivity contribution is -0.380. The molecule has 0 bridgehead atoms. The normalized spacial score (nSPS) is 11.2. The fourth-order valence-electron chi connectivity index (χ4n) is 1.51. The molecule has 7 nitrogen and oxygen atoms in total. The average molecular weight is 289 g/mol. The van der Waals surface area contributed by atoms with Crippen molar-refractivity contribution in [2.75, 3.05) is 0 Å². The van der Waals surface area contributed by atoms with E-state index in [0.717, 1.165) is 11.3 Å². The highest BCUT2D eigenvalue weighted by Crippen LogP contribution is 2.25. The van der Waals surface area contributed by atoms with Crippen molar-refractivity contribution >= 4 is 28.4 Å². The number of rotatable bonds is 4. The molecule has 0 spiro atoms. The molecule has 0 N–H and O–H groups in total. The second-order valence-electron chi connectivity index (χ2n) is 3.76. The molecule has 0 atom stereocenters. The molecular weight excluding hydrogens is 282 g/mol. The van der Waals surface area contributed by atoms with Crippen LogP contribution in [0, 0.1) is 10.1 Å². The number of nitro groups is 1. The molecular formula is C12H7N3O4S. The van der Waals surface area contributed by atoms with Crippen LogP contribution < -0.4 is 0 Å². The van der Waals surface area contributed by atoms with E-state index in [9.17, 15) is 10.1 Å². The molecule has 0 radical (unpaired) electrons. The first-order valence-corrected chi connectivity index (χ1v) is 6.38. The van der Waals surface area contributed by atoms with Crippen molar-refractivity contribution < 1.29 is 13.9 Å². The largest absolute Gasteiger partial charge is 0.463 e. The van der Waals surface area contributed by atoms with E-state index in [-0.39, 0.29) is 5.00 Å². The molecule has 0 fully saturated rings. The quantitative estimate of drug-likeness (QED) is 0.415. The van der Waals surface area contributed by atoms with Gasteiger partial charge in [-0.2, -0.15) is 0 Å². The minimum Gasteiger partial charge on any atom is -0.463 e. The highest BCUT2D eigenvalue weighted by molar-refractivity contribution is 7.13. The lowest BCUT2D eigenvalue weighted by atomic mass is 10.3. The maximum atomic E-state index is 10.6. The molecule has 0 aliphatic rings. The third-order valence-electron chi connectivity index (χ3n) is 2.40. The van der Waals surface area contributed by atoms with E-state index < -0.39 is 4.92 Å². The molecule has 3 heterocycles. The van der Waals surface area contributed by atoms with E-state index in [4.69, 9.17) is 8.94 Å². The van der Waals surface area contributed by atoms with Gasteiger partial charge < -0.3 is 8.94 Å². The summed E-state index contributed by atoms with van der Waals surface area (Å²) in [6, 6.07) is 6.57. The zero-order valence-electron chi connectivity index (χ0n) is 9.92. The van der Waals surface area contributed by atoms with Crippen LogP contribution in [0.5, 0.6) is 0 Å². The van der Waals surface area contributed by atoms with E-state index in [2.05, 4.69) is 10.1 Å². The Hall–Kier alpha value is -2.74. The molecule has 0 aromatic carbocycles. The molecule has 20 heavy (non-hydrogen) atoms. The minimum absolute atomic E-state index is 0.0697. The Kier molecular flexibility index (Phi) is 3.13. The molecule has 3 aromatic rings. The van der Waals surface area contributed by atoms with Gasteiger partial charge in [0.25, 0.3) is 5.88 Å². The average Bonchev–Trinajstić information content (AvgIpc) is 3.17. The van der Waals surface area contributed by atoms with Gasteiger partial charge in [0.2, 0.25) is 0 Å². The first kappa shape index (κ1) is 12.3. The maximum absolute atomic E-state index is 10.6. The second kappa shape index (κ2) is 5.10. The van der Waals surface area contributed by atoms with Gasteiger partial charge in [0.1, 0.15) is 0 Å². The van der Waals surface area contributed by atoms with Crippen molar-refractivity contribution in [3.8, 4) is 11.5 Å². The van der Waals surface area contributed by atoms with Crippen LogP contribution in [0.2, 0.25) is 0 Å². The topological polar surface area (TPSA) is 94.7 Å². The Morgan fingerprint density at radius 2 is 2.35 bits per heavy atom. The number of thiophene rings is 1. The molecule has 0 amide bonds. The summed E-state index contributed by atoms with van der Waals surface area (Å²) in [7, 11) is 0. The van der Waals surface area contributed by atoms with Gasteiger partial charge >= 0.3 is 5.00 Å². The van der Waals surface area contributed by atoms with Crippen LogP contribution in [0.4, 0.5) is 10.9 Å². The van der Waals surface area contributed by atoms with Crippen LogP contribution in [-0.4, -0.2) is 16.3 Å². The van der Waals surface area contributed by atoms with Gasteiger partial charge in [0.05, 0.1) is 11.2 Å². The van der Waals surface area contributed by atoms with Crippen molar-refractivity contribution in [1.82, 2.24) is 5.16 Å². The molecule has 0 unspecified atom stereocenters. The first-order valence-electron chi connectivity index (χ1n) is 5.50. The Morgan fingerprint density at radius 1 is 1.45 bits per heavy atom. The van der Waals surface area contributed by atoms with Crippen LogP contribution in [0.15, 0.2) is 49.8 Å². The van der Waals surface area contributed by atoms with E-state index >= 15 is 0 Å². The van der Waals surface area contributed by atoms with Crippen molar-refractivity contribution in [1.29, 1.82) is 0 Å². The molecule has 8 heteroatoms. The fraction of sp³-hybridized carbons (Fsp3) is 0. The summed E-state index contributed by atoms with van der Waals surface area (Å²) in [5.74, 6) is 0.881. The Labute approximate surface area is 116 Å². The highest BCUT2D eigenvalue weighted by atomic mass is 32.1.